The average molecular weight is 179 g/mol. The molecule has 0 aromatic rings. The van der Waals surface area contributed by atoms with Crippen molar-refractivity contribution in [3.63, 3.8) is 0 Å². The molecule has 0 aliphatic carbocycles. The van der Waals surface area contributed by atoms with Crippen LogP contribution in [-0.2, 0) is 18.1 Å². The molecule has 0 fully saturated rings. The minimum atomic E-state index is -1.67. The summed E-state index contributed by atoms with van der Waals surface area (Å²) in [5.41, 5.74) is 0. The number of hydrogen-bond acceptors (Lipinski definition) is 5. The molecule has 0 rings (SSSR count). The third kappa shape index (κ3) is 12.6. The van der Waals surface area contributed by atoms with E-state index in [1.54, 1.807) is 21.3 Å². The van der Waals surface area contributed by atoms with Gasteiger partial charge in [-0.1, -0.05) is 0 Å². The van der Waals surface area contributed by atoms with E-state index in [2.05, 4.69) is 4.99 Å². The van der Waals surface area contributed by atoms with E-state index in [0.717, 1.165) is 0 Å². The highest BCUT2D eigenvalue weighted by Crippen LogP contribution is 1.81. The number of nitrogens with zero attached hydrogens (tertiary/aromatic N) is 1. The largest absolute Gasteiger partial charge is 0.483 e. The van der Waals surface area contributed by atoms with Gasteiger partial charge in [0.15, 0.2) is 0 Å². The fourth-order valence-electron chi connectivity index (χ4n) is 0.289. The second-order valence-electron chi connectivity index (χ2n) is 1.31. The van der Waals surface area contributed by atoms with Gasteiger partial charge in [0, 0.05) is 28.4 Å². The Kier molecular flexibility index (Phi) is 14.5. The van der Waals surface area contributed by atoms with Crippen LogP contribution in [0, 0.1) is 0 Å². The summed E-state index contributed by atoms with van der Waals surface area (Å²) in [6.07, 6.45) is 1.31. The van der Waals surface area contributed by atoms with Crippen LogP contribution in [0.4, 0.5) is 0 Å². The zero-order valence-corrected chi connectivity index (χ0v) is 8.31. The van der Waals surface area contributed by atoms with Gasteiger partial charge < -0.3 is 13.3 Å². The lowest BCUT2D eigenvalue weighted by Gasteiger charge is -2.05. The Morgan fingerprint density at radius 2 is 1.45 bits per heavy atom. The van der Waals surface area contributed by atoms with Crippen LogP contribution in [0.5, 0.6) is 0 Å². The van der Waals surface area contributed by atoms with E-state index in [-0.39, 0.29) is 0 Å². The fourth-order valence-corrected chi connectivity index (χ4v) is 0.866. The Bertz CT molecular complexity index is 106. The van der Waals surface area contributed by atoms with E-state index in [4.69, 9.17) is 18.1 Å². The summed E-state index contributed by atoms with van der Waals surface area (Å²) in [4.78, 5) is 11.8. The molecule has 0 aromatic carbocycles. The van der Waals surface area contributed by atoms with Crippen LogP contribution in [0.15, 0.2) is 4.99 Å². The Hall–Kier alpha value is -0.523. The summed E-state index contributed by atoms with van der Waals surface area (Å²) < 4.78 is 14.2. The van der Waals surface area contributed by atoms with Gasteiger partial charge in [0.25, 0.3) is 0 Å². The zero-order chi connectivity index (χ0) is 9.11. The van der Waals surface area contributed by atoms with Crippen LogP contribution in [0.25, 0.3) is 0 Å². The van der Waals surface area contributed by atoms with Crippen molar-refractivity contribution in [2.45, 2.75) is 0 Å². The van der Waals surface area contributed by atoms with E-state index < -0.39 is 9.53 Å². The first kappa shape index (κ1) is 13.1. The molecule has 0 N–H and O–H groups in total. The normalized spacial score (nSPS) is 8.09. The zero-order valence-electron chi connectivity index (χ0n) is 7.16. The monoisotopic (exact) mass is 179 g/mol. The van der Waals surface area contributed by atoms with Gasteiger partial charge in [-0.05, 0) is 0 Å². The predicted octanol–water partition coefficient (Wildman–Crippen LogP) is -0.405. The lowest BCUT2D eigenvalue weighted by atomic mass is 11.4. The molecular weight excluding hydrogens is 166 g/mol. The molecule has 0 radical (unpaired) electrons. The molecule has 11 heavy (non-hydrogen) atoms. The van der Waals surface area contributed by atoms with Crippen molar-refractivity contribution in [1.29, 1.82) is 0 Å². The van der Waals surface area contributed by atoms with Crippen molar-refractivity contribution in [2.24, 2.45) is 4.99 Å². The van der Waals surface area contributed by atoms with Gasteiger partial charge >= 0.3 is 9.53 Å². The third-order valence-electron chi connectivity index (χ3n) is 0.669. The number of aliphatic imine (C=N–C) groups is 1. The summed E-state index contributed by atoms with van der Waals surface area (Å²) in [6, 6.07) is 0. The van der Waals surface area contributed by atoms with E-state index in [1.807, 2.05) is 0 Å². The quantitative estimate of drug-likeness (QED) is 0.336. The van der Waals surface area contributed by atoms with Crippen molar-refractivity contribution in [3.05, 3.63) is 0 Å². The maximum Gasteiger partial charge on any atom is 0.483 e. The van der Waals surface area contributed by atoms with Gasteiger partial charge in [0.1, 0.15) is 0 Å². The smallest absolute Gasteiger partial charge is 0.379 e. The van der Waals surface area contributed by atoms with Crippen LogP contribution in [0.2, 0.25) is 0 Å². The molecule has 0 aliphatic rings. The Morgan fingerprint density at radius 3 is 1.45 bits per heavy atom. The fraction of sp³-hybridized carbons (Fsp3) is 0.800. The lowest BCUT2D eigenvalue weighted by molar-refractivity contribution is 0.163. The molecule has 5 nitrogen and oxygen atoms in total. The minimum absolute atomic E-state index is 1.31. The number of isocyanates is 1. The lowest BCUT2D eigenvalue weighted by Crippen LogP contribution is -2.21. The van der Waals surface area contributed by atoms with Crippen LogP contribution < -0.4 is 0 Å². The van der Waals surface area contributed by atoms with Gasteiger partial charge in [-0.2, -0.15) is 0 Å². The van der Waals surface area contributed by atoms with Crippen molar-refractivity contribution in [2.75, 3.05) is 28.4 Å². The molecule has 0 heterocycles. The number of carbonyl (C=O) groups excluding carboxylic acids is 1. The van der Waals surface area contributed by atoms with Gasteiger partial charge in [-0.3, -0.25) is 0 Å². The highest BCUT2D eigenvalue weighted by Gasteiger charge is 2.04. The molecule has 0 unspecified atom stereocenters. The Morgan fingerprint density at radius 1 is 1.18 bits per heavy atom. The summed E-state index contributed by atoms with van der Waals surface area (Å²) >= 11 is 0. The molecule has 6 heteroatoms. The molecule has 0 saturated heterocycles. The summed E-state index contributed by atoms with van der Waals surface area (Å²) in [5, 5.41) is 0. The third-order valence-corrected chi connectivity index (χ3v) is 1.82. The van der Waals surface area contributed by atoms with Crippen molar-refractivity contribution in [1.82, 2.24) is 0 Å². The average Bonchev–Trinajstić information content (AvgIpc) is 2.08. The highest BCUT2D eigenvalue weighted by atomic mass is 28.3. The maximum atomic E-state index is 8.88. The number of rotatable bonds is 3. The van der Waals surface area contributed by atoms with E-state index in [0.29, 0.717) is 0 Å². The topological polar surface area (TPSA) is 57.1 Å². The van der Waals surface area contributed by atoms with E-state index in [1.165, 1.54) is 13.1 Å². The standard InChI is InChI=1S/C3H10O3Si.C2H3NO/c1-4-7(5-2)6-3;1-3-2-4/h7H,1-3H3;1H3. The summed E-state index contributed by atoms with van der Waals surface area (Å²) in [5.74, 6) is 0. The van der Waals surface area contributed by atoms with Crippen LogP contribution in [0.1, 0.15) is 0 Å². The predicted molar refractivity (Wildman–Crippen MR) is 42.2 cm³/mol. The number of hydrogen-bond donors (Lipinski definition) is 0. The molecular formula is C5H13NO4Si. The van der Waals surface area contributed by atoms with E-state index in [9.17, 15) is 0 Å². The van der Waals surface area contributed by atoms with Crippen molar-refractivity contribution < 1.29 is 18.1 Å². The molecule has 0 amide bonds. The molecule has 0 aliphatic heterocycles. The first-order valence-electron chi connectivity index (χ1n) is 2.81. The first-order chi connectivity index (χ1) is 5.26. The Labute approximate surface area is 67.9 Å². The molecule has 0 aromatic heterocycles. The van der Waals surface area contributed by atoms with Crippen LogP contribution in [0.3, 0.4) is 0 Å². The SMILES string of the molecule is CN=C=O.CO[SiH](OC)OC. The molecule has 0 spiro atoms. The highest BCUT2D eigenvalue weighted by molar-refractivity contribution is 6.36. The molecule has 0 atom stereocenters. The maximum absolute atomic E-state index is 8.88. The first-order valence-corrected chi connectivity index (χ1v) is 4.22. The van der Waals surface area contributed by atoms with E-state index >= 15 is 0 Å². The van der Waals surface area contributed by atoms with Crippen LogP contribution in [-0.4, -0.2) is 44.0 Å². The second-order valence-corrected chi connectivity index (χ2v) is 3.30. The molecule has 0 saturated carbocycles. The van der Waals surface area contributed by atoms with Crippen molar-refractivity contribution >= 4 is 15.6 Å². The van der Waals surface area contributed by atoms with Crippen molar-refractivity contribution in [3.8, 4) is 0 Å². The summed E-state index contributed by atoms with van der Waals surface area (Å²) in [6.45, 7) is 0. The van der Waals surface area contributed by atoms with Gasteiger partial charge in [0.05, 0.1) is 0 Å². The van der Waals surface area contributed by atoms with Crippen LogP contribution >= 0.6 is 0 Å². The van der Waals surface area contributed by atoms with Gasteiger partial charge in [0.2, 0.25) is 6.08 Å². The molecule has 66 valence electrons. The summed E-state index contributed by atoms with van der Waals surface area (Å²) in [7, 11) is 4.43. The van der Waals surface area contributed by atoms with Gasteiger partial charge in [-0.25, -0.2) is 9.79 Å². The Balaban J connectivity index is 0. The minimum Gasteiger partial charge on any atom is -0.379 e. The second kappa shape index (κ2) is 12.2. The van der Waals surface area contributed by atoms with Gasteiger partial charge in [-0.15, -0.1) is 0 Å². The molecule has 0 bridgehead atoms.